The molecule has 2 nitrogen and oxygen atoms in total. The molecule has 1 unspecified atom stereocenters. The van der Waals surface area contributed by atoms with Crippen molar-refractivity contribution in [3.8, 4) is 0 Å². The van der Waals surface area contributed by atoms with Crippen LogP contribution in [-0.4, -0.2) is 16.1 Å². The summed E-state index contributed by atoms with van der Waals surface area (Å²) < 4.78 is 0. The van der Waals surface area contributed by atoms with Gasteiger partial charge in [0.15, 0.2) is 0 Å². The van der Waals surface area contributed by atoms with Crippen molar-refractivity contribution in [3.63, 3.8) is 0 Å². The number of nitrogens with zero attached hydrogens (tertiary/aromatic N) is 1. The quantitative estimate of drug-likeness (QED) is 0.631. The molecule has 1 fully saturated rings. The molecular formula is C24H33NO. The second kappa shape index (κ2) is 7.54. The number of benzene rings is 2. The Labute approximate surface area is 159 Å². The molecule has 0 aromatic heterocycles. The van der Waals surface area contributed by atoms with Crippen LogP contribution in [0, 0.1) is 6.92 Å². The van der Waals surface area contributed by atoms with Crippen LogP contribution in [0.3, 0.4) is 0 Å². The van der Waals surface area contributed by atoms with Crippen LogP contribution in [0.4, 0.5) is 0 Å². The molecule has 1 saturated heterocycles. The Hall–Kier alpha value is -1.64. The van der Waals surface area contributed by atoms with Crippen molar-refractivity contribution in [3.05, 3.63) is 71.3 Å². The molecular weight excluding hydrogens is 318 g/mol. The van der Waals surface area contributed by atoms with Gasteiger partial charge in [-0.25, -0.2) is 0 Å². The van der Waals surface area contributed by atoms with E-state index in [0.717, 1.165) is 6.42 Å². The van der Waals surface area contributed by atoms with Crippen molar-refractivity contribution < 1.29 is 4.84 Å². The summed E-state index contributed by atoms with van der Waals surface area (Å²) in [5.41, 5.74) is 3.93. The van der Waals surface area contributed by atoms with E-state index in [-0.39, 0.29) is 17.2 Å². The lowest BCUT2D eigenvalue weighted by Gasteiger charge is -2.52. The largest absolute Gasteiger partial charge is 0.290 e. The molecule has 0 amide bonds. The highest BCUT2D eigenvalue weighted by molar-refractivity contribution is 5.26. The predicted octanol–water partition coefficient (Wildman–Crippen LogP) is 6.25. The molecule has 3 rings (SSSR count). The van der Waals surface area contributed by atoms with Crippen molar-refractivity contribution in [2.24, 2.45) is 0 Å². The Morgan fingerprint density at radius 2 is 1.58 bits per heavy atom. The molecule has 1 heterocycles. The smallest absolute Gasteiger partial charge is 0.108 e. The fourth-order valence-corrected chi connectivity index (χ4v) is 4.30. The van der Waals surface area contributed by atoms with Gasteiger partial charge in [0, 0.05) is 17.5 Å². The zero-order chi connectivity index (χ0) is 18.8. The van der Waals surface area contributed by atoms with Gasteiger partial charge in [0.1, 0.15) is 6.10 Å². The molecule has 2 heteroatoms. The van der Waals surface area contributed by atoms with E-state index in [1.54, 1.807) is 0 Å². The van der Waals surface area contributed by atoms with Crippen LogP contribution in [0.25, 0.3) is 0 Å². The molecule has 0 spiro atoms. The second-order valence-corrected chi connectivity index (χ2v) is 8.97. The SMILES string of the molecule is Cc1cccc(C(Cc2ccccc2)ON2C(C)(C)CCCC2(C)C)c1. The fraction of sp³-hybridized carbons (Fsp3) is 0.500. The van der Waals surface area contributed by atoms with Crippen LogP contribution < -0.4 is 0 Å². The lowest BCUT2D eigenvalue weighted by Crippen LogP contribution is -2.58. The zero-order valence-electron chi connectivity index (χ0n) is 17.0. The average Bonchev–Trinajstić information content (AvgIpc) is 2.57. The maximum atomic E-state index is 6.80. The average molecular weight is 352 g/mol. The highest BCUT2D eigenvalue weighted by Gasteiger charge is 2.43. The van der Waals surface area contributed by atoms with Crippen LogP contribution in [0.15, 0.2) is 54.6 Å². The van der Waals surface area contributed by atoms with Crippen molar-refractivity contribution in [1.82, 2.24) is 5.06 Å². The van der Waals surface area contributed by atoms with E-state index in [9.17, 15) is 0 Å². The third-order valence-electron chi connectivity index (χ3n) is 5.59. The van der Waals surface area contributed by atoms with E-state index in [2.05, 4.69) is 94.3 Å². The van der Waals surface area contributed by atoms with Crippen LogP contribution in [-0.2, 0) is 11.3 Å². The number of piperidine rings is 1. The molecule has 0 aliphatic carbocycles. The van der Waals surface area contributed by atoms with E-state index in [0.29, 0.717) is 0 Å². The number of hydrogen-bond acceptors (Lipinski definition) is 2. The third-order valence-corrected chi connectivity index (χ3v) is 5.59. The van der Waals surface area contributed by atoms with Crippen molar-refractivity contribution in [2.45, 2.75) is 77.5 Å². The lowest BCUT2D eigenvalue weighted by molar-refractivity contribution is -0.307. The molecule has 2 aromatic carbocycles. The molecule has 26 heavy (non-hydrogen) atoms. The van der Waals surface area contributed by atoms with Gasteiger partial charge in [0.05, 0.1) is 0 Å². The first-order chi connectivity index (χ1) is 12.3. The minimum atomic E-state index is 0.0222. The van der Waals surface area contributed by atoms with Gasteiger partial charge in [-0.2, -0.15) is 5.06 Å². The topological polar surface area (TPSA) is 12.5 Å². The van der Waals surface area contributed by atoms with E-state index >= 15 is 0 Å². The van der Waals surface area contributed by atoms with Gasteiger partial charge in [-0.1, -0.05) is 60.2 Å². The summed E-state index contributed by atoms with van der Waals surface area (Å²) in [6, 6.07) is 19.4. The highest BCUT2D eigenvalue weighted by atomic mass is 16.7. The summed E-state index contributed by atoms with van der Waals surface area (Å²) in [6.07, 6.45) is 4.50. The minimum Gasteiger partial charge on any atom is -0.290 e. The normalized spacial score (nSPS) is 20.7. The van der Waals surface area contributed by atoms with Gasteiger partial charge in [-0.05, 0) is 65.0 Å². The summed E-state index contributed by atoms with van der Waals surface area (Å²) in [5.74, 6) is 0. The Balaban J connectivity index is 1.92. The molecule has 1 atom stereocenters. The molecule has 0 bridgehead atoms. The van der Waals surface area contributed by atoms with Gasteiger partial charge in [-0.3, -0.25) is 4.84 Å². The van der Waals surface area contributed by atoms with Gasteiger partial charge in [-0.15, -0.1) is 0 Å². The van der Waals surface area contributed by atoms with E-state index in [4.69, 9.17) is 4.84 Å². The number of aryl methyl sites for hydroxylation is 1. The predicted molar refractivity (Wildman–Crippen MR) is 109 cm³/mol. The molecule has 0 N–H and O–H groups in total. The standard InChI is InChI=1S/C24H33NO/c1-19-11-9-14-21(17-19)22(18-20-12-7-6-8-13-20)26-25-23(2,3)15-10-16-24(25,4)5/h6-9,11-14,17,22H,10,15-16,18H2,1-5H3. The lowest BCUT2D eigenvalue weighted by atomic mass is 9.82. The molecule has 1 aliphatic heterocycles. The third kappa shape index (κ3) is 4.36. The number of hydrogen-bond donors (Lipinski definition) is 0. The van der Waals surface area contributed by atoms with Gasteiger partial charge < -0.3 is 0 Å². The van der Waals surface area contributed by atoms with E-state index in [1.807, 2.05) is 0 Å². The zero-order valence-corrected chi connectivity index (χ0v) is 17.0. The Bertz CT molecular complexity index is 704. The highest BCUT2D eigenvalue weighted by Crippen LogP contribution is 2.41. The summed E-state index contributed by atoms with van der Waals surface area (Å²) >= 11 is 0. The molecule has 0 radical (unpaired) electrons. The van der Waals surface area contributed by atoms with E-state index in [1.165, 1.54) is 36.0 Å². The Kier molecular flexibility index (Phi) is 5.55. The van der Waals surface area contributed by atoms with Crippen LogP contribution >= 0.6 is 0 Å². The summed E-state index contributed by atoms with van der Waals surface area (Å²) in [5, 5.41) is 2.29. The Morgan fingerprint density at radius 1 is 0.923 bits per heavy atom. The first-order valence-corrected chi connectivity index (χ1v) is 9.86. The maximum absolute atomic E-state index is 6.80. The van der Waals surface area contributed by atoms with Gasteiger partial charge >= 0.3 is 0 Å². The monoisotopic (exact) mass is 351 g/mol. The van der Waals surface area contributed by atoms with Crippen molar-refractivity contribution in [1.29, 1.82) is 0 Å². The van der Waals surface area contributed by atoms with Crippen molar-refractivity contribution >= 4 is 0 Å². The maximum Gasteiger partial charge on any atom is 0.108 e. The second-order valence-electron chi connectivity index (χ2n) is 8.97. The summed E-state index contributed by atoms with van der Waals surface area (Å²) in [6.45, 7) is 11.4. The fourth-order valence-electron chi connectivity index (χ4n) is 4.30. The van der Waals surface area contributed by atoms with Crippen molar-refractivity contribution in [2.75, 3.05) is 0 Å². The first-order valence-electron chi connectivity index (χ1n) is 9.86. The van der Waals surface area contributed by atoms with Gasteiger partial charge in [0.2, 0.25) is 0 Å². The summed E-state index contributed by atoms with van der Waals surface area (Å²) in [4.78, 5) is 6.80. The number of hydroxylamine groups is 2. The van der Waals surface area contributed by atoms with Crippen LogP contribution in [0.2, 0.25) is 0 Å². The minimum absolute atomic E-state index is 0.0222. The molecule has 1 aliphatic rings. The molecule has 2 aromatic rings. The Morgan fingerprint density at radius 3 is 2.19 bits per heavy atom. The summed E-state index contributed by atoms with van der Waals surface area (Å²) in [7, 11) is 0. The van der Waals surface area contributed by atoms with Crippen LogP contribution in [0.1, 0.15) is 69.8 Å². The van der Waals surface area contributed by atoms with Gasteiger partial charge in [0.25, 0.3) is 0 Å². The van der Waals surface area contributed by atoms with Crippen LogP contribution in [0.5, 0.6) is 0 Å². The first kappa shape index (κ1) is 19.1. The van der Waals surface area contributed by atoms with E-state index < -0.39 is 0 Å². The molecule has 140 valence electrons. The molecule has 0 saturated carbocycles. The number of rotatable bonds is 5.